The van der Waals surface area contributed by atoms with Gasteiger partial charge in [-0.05, 0) is 18.6 Å². The monoisotopic (exact) mass is 892 g/mol. The predicted molar refractivity (Wildman–Crippen MR) is 219 cm³/mol. The first kappa shape index (κ1) is 38.3. The van der Waals surface area contributed by atoms with Gasteiger partial charge in [-0.1, -0.05) is 124 Å². The number of imidazole rings is 3. The third-order valence-electron chi connectivity index (χ3n) is 8.71. The Bertz CT molecular complexity index is 2250. The number of rotatable bonds is 6. The van der Waals surface area contributed by atoms with Gasteiger partial charge in [-0.2, -0.15) is 0 Å². The molecule has 0 saturated carbocycles. The standard InChI is InChI=1S/3C16H13N2.Ir/c3*1-18-11-16(17-12-18)15-10-6-5-9-14(15)13-7-3-2-4-8-13;/h3*2-9,11-12H,1H3;/q3*-1;+3. The van der Waals surface area contributed by atoms with E-state index >= 15 is 0 Å². The van der Waals surface area contributed by atoms with Crippen molar-refractivity contribution in [3.63, 3.8) is 0 Å². The number of benzene rings is 6. The zero-order valence-corrected chi connectivity index (χ0v) is 33.2. The molecule has 7 heteroatoms. The molecular formula is C48H39IrN6. The predicted octanol–water partition coefficient (Wildman–Crippen LogP) is 10.7. The minimum atomic E-state index is 0. The number of aromatic nitrogens is 6. The van der Waals surface area contributed by atoms with Gasteiger partial charge >= 0.3 is 20.1 Å². The van der Waals surface area contributed by atoms with Gasteiger partial charge in [-0.15, -0.1) is 89.5 Å². The van der Waals surface area contributed by atoms with Crippen LogP contribution in [0.4, 0.5) is 0 Å². The summed E-state index contributed by atoms with van der Waals surface area (Å²) in [5.41, 5.74) is 13.1. The van der Waals surface area contributed by atoms with E-state index in [1.165, 1.54) is 16.7 Å². The van der Waals surface area contributed by atoms with Crippen LogP contribution in [-0.2, 0) is 41.2 Å². The Hall–Kier alpha value is -6.40. The van der Waals surface area contributed by atoms with Gasteiger partial charge in [0, 0.05) is 38.2 Å². The van der Waals surface area contributed by atoms with Gasteiger partial charge in [-0.25, -0.2) is 0 Å². The van der Waals surface area contributed by atoms with Crippen molar-refractivity contribution in [2.45, 2.75) is 0 Å². The largest absolute Gasteiger partial charge is 3.00 e. The fourth-order valence-electron chi connectivity index (χ4n) is 6.15. The summed E-state index contributed by atoms with van der Waals surface area (Å²) in [4.78, 5) is 13.2. The van der Waals surface area contributed by atoms with Crippen molar-refractivity contribution in [2.75, 3.05) is 0 Å². The number of hydrogen-bond donors (Lipinski definition) is 0. The van der Waals surface area contributed by atoms with E-state index in [1.807, 2.05) is 163 Å². The summed E-state index contributed by atoms with van der Waals surface area (Å²) in [7, 11) is 5.92. The summed E-state index contributed by atoms with van der Waals surface area (Å²) >= 11 is 0. The molecular weight excluding hydrogens is 853 g/mol. The molecule has 0 fully saturated rings. The number of nitrogens with zero attached hydrogens (tertiary/aromatic N) is 6. The Labute approximate surface area is 336 Å². The van der Waals surface area contributed by atoms with Crippen LogP contribution in [0.2, 0.25) is 0 Å². The Kier molecular flexibility index (Phi) is 12.9. The fraction of sp³-hybridized carbons (Fsp3) is 0.0625. The van der Waals surface area contributed by atoms with Gasteiger partial charge in [0.05, 0.1) is 19.0 Å². The molecule has 55 heavy (non-hydrogen) atoms. The van der Waals surface area contributed by atoms with Crippen LogP contribution in [0.3, 0.4) is 0 Å². The van der Waals surface area contributed by atoms with Crippen LogP contribution in [0, 0.1) is 18.2 Å². The second-order valence-electron chi connectivity index (χ2n) is 12.7. The molecule has 0 bridgehead atoms. The molecule has 0 amide bonds. The molecule has 0 aliphatic heterocycles. The maximum absolute atomic E-state index is 4.40. The minimum Gasteiger partial charge on any atom is -0.350 e. The van der Waals surface area contributed by atoms with Crippen molar-refractivity contribution in [1.82, 2.24) is 28.7 Å². The molecule has 0 spiro atoms. The average molecular weight is 892 g/mol. The van der Waals surface area contributed by atoms with Crippen molar-refractivity contribution in [2.24, 2.45) is 21.1 Å². The average Bonchev–Trinajstić information content (AvgIpc) is 4.00. The van der Waals surface area contributed by atoms with Crippen LogP contribution in [-0.4, -0.2) is 28.7 Å². The second-order valence-corrected chi connectivity index (χ2v) is 12.7. The van der Waals surface area contributed by atoms with Gasteiger partial charge < -0.3 is 13.7 Å². The van der Waals surface area contributed by atoms with Crippen molar-refractivity contribution >= 4 is 0 Å². The molecule has 270 valence electrons. The topological polar surface area (TPSA) is 53.5 Å². The van der Waals surface area contributed by atoms with Crippen LogP contribution in [0.1, 0.15) is 0 Å². The molecule has 0 saturated heterocycles. The smallest absolute Gasteiger partial charge is 0.350 e. The van der Waals surface area contributed by atoms with Crippen LogP contribution in [0.5, 0.6) is 0 Å². The molecule has 0 N–H and O–H groups in total. The van der Waals surface area contributed by atoms with Crippen molar-refractivity contribution in [1.29, 1.82) is 0 Å². The molecule has 9 rings (SSSR count). The summed E-state index contributed by atoms with van der Waals surface area (Å²) in [6.07, 6.45) is 11.5. The van der Waals surface area contributed by atoms with E-state index < -0.39 is 0 Å². The first-order valence-corrected chi connectivity index (χ1v) is 17.7. The maximum Gasteiger partial charge on any atom is 3.00 e. The summed E-state index contributed by atoms with van der Waals surface area (Å²) < 4.78 is 5.85. The Morgan fingerprint density at radius 2 is 0.636 bits per heavy atom. The van der Waals surface area contributed by atoms with Gasteiger partial charge in [0.1, 0.15) is 0 Å². The normalized spacial score (nSPS) is 10.3. The van der Waals surface area contributed by atoms with Crippen LogP contribution >= 0.6 is 0 Å². The Balaban J connectivity index is 0.000000139. The van der Waals surface area contributed by atoms with E-state index in [1.54, 1.807) is 0 Å². The van der Waals surface area contributed by atoms with E-state index in [0.29, 0.717) is 0 Å². The Morgan fingerprint density at radius 1 is 0.364 bits per heavy atom. The molecule has 0 radical (unpaired) electrons. The van der Waals surface area contributed by atoms with Crippen molar-refractivity contribution < 1.29 is 20.1 Å². The number of hydrogen-bond acceptors (Lipinski definition) is 3. The molecule has 6 nitrogen and oxygen atoms in total. The van der Waals surface area contributed by atoms with Crippen molar-refractivity contribution in [3.05, 3.63) is 201 Å². The summed E-state index contributed by atoms with van der Waals surface area (Å²) in [5, 5.41) is 0. The minimum absolute atomic E-state index is 0. The zero-order valence-electron chi connectivity index (χ0n) is 30.8. The first-order valence-electron chi connectivity index (χ1n) is 17.7. The zero-order chi connectivity index (χ0) is 37.1. The second kappa shape index (κ2) is 18.6. The van der Waals surface area contributed by atoms with Crippen LogP contribution in [0.25, 0.3) is 67.2 Å². The molecule has 6 aromatic carbocycles. The molecule has 0 atom stereocenters. The molecule has 3 aromatic heterocycles. The van der Waals surface area contributed by atoms with Crippen LogP contribution in [0.15, 0.2) is 183 Å². The van der Waals surface area contributed by atoms with Crippen LogP contribution < -0.4 is 0 Å². The molecule has 0 unspecified atom stereocenters. The third kappa shape index (κ3) is 9.59. The summed E-state index contributed by atoms with van der Waals surface area (Å²) in [6.45, 7) is 0. The molecule has 0 aliphatic rings. The molecule has 3 heterocycles. The van der Waals surface area contributed by atoms with E-state index in [4.69, 9.17) is 0 Å². The molecule has 0 aliphatic carbocycles. The van der Waals surface area contributed by atoms with Crippen molar-refractivity contribution in [3.8, 4) is 67.2 Å². The van der Waals surface area contributed by atoms with E-state index in [2.05, 4.69) is 87.7 Å². The first-order chi connectivity index (χ1) is 26.5. The van der Waals surface area contributed by atoms with Gasteiger partial charge in [0.2, 0.25) is 0 Å². The Morgan fingerprint density at radius 3 is 0.873 bits per heavy atom. The third-order valence-corrected chi connectivity index (χ3v) is 8.71. The van der Waals surface area contributed by atoms with Gasteiger partial charge in [-0.3, -0.25) is 15.0 Å². The SMILES string of the molecule is Cn1cnc(-c2[c-]cccc2-c2ccccc2)c1.Cn1cnc(-c2[c-]cccc2-c2ccccc2)c1.Cn1cnc(-c2[c-]cccc2-c2ccccc2)c1.[Ir+3]. The summed E-state index contributed by atoms with van der Waals surface area (Å²) in [5.74, 6) is 0. The maximum atomic E-state index is 4.40. The van der Waals surface area contributed by atoms with E-state index in [9.17, 15) is 0 Å². The van der Waals surface area contributed by atoms with Gasteiger partial charge in [0.15, 0.2) is 0 Å². The fourth-order valence-corrected chi connectivity index (χ4v) is 6.15. The van der Waals surface area contributed by atoms with Gasteiger partial charge in [0.25, 0.3) is 0 Å². The number of aryl methyl sites for hydroxylation is 3. The molecule has 9 aromatic rings. The van der Waals surface area contributed by atoms with E-state index in [0.717, 1.165) is 50.5 Å². The van der Waals surface area contributed by atoms with E-state index in [-0.39, 0.29) is 20.1 Å². The summed E-state index contributed by atoms with van der Waals surface area (Å²) in [6, 6.07) is 59.0. The quantitative estimate of drug-likeness (QED) is 0.156.